The smallest absolute Gasteiger partial charge is 0.242 e. The Morgan fingerprint density at radius 1 is 1.33 bits per heavy atom. The number of nitrogens with one attached hydrogen (secondary N) is 1. The van der Waals surface area contributed by atoms with E-state index >= 15 is 0 Å². The van der Waals surface area contributed by atoms with E-state index < -0.39 is 5.54 Å². The van der Waals surface area contributed by atoms with E-state index in [9.17, 15) is 4.79 Å². The first-order valence-electron chi connectivity index (χ1n) is 7.76. The van der Waals surface area contributed by atoms with Crippen molar-refractivity contribution in [1.29, 1.82) is 0 Å². The highest BCUT2D eigenvalue weighted by Gasteiger charge is 2.36. The Kier molecular flexibility index (Phi) is 5.23. The van der Waals surface area contributed by atoms with E-state index in [1.807, 2.05) is 43.0 Å². The van der Waals surface area contributed by atoms with Crippen molar-refractivity contribution in [2.45, 2.75) is 45.2 Å². The lowest BCUT2D eigenvalue weighted by molar-refractivity contribution is -0.139. The molecule has 1 aromatic carbocycles. The van der Waals surface area contributed by atoms with Crippen molar-refractivity contribution in [3.63, 3.8) is 0 Å². The Bertz CT molecular complexity index is 464. The Hall–Kier alpha value is -1.55. The molecule has 1 heterocycles. The zero-order chi connectivity index (χ0) is 15.3. The summed E-state index contributed by atoms with van der Waals surface area (Å²) in [4.78, 5) is 14.7. The molecule has 1 aliphatic rings. The maximum absolute atomic E-state index is 12.8. The van der Waals surface area contributed by atoms with Crippen LogP contribution in [0.15, 0.2) is 24.3 Å². The predicted molar refractivity (Wildman–Crippen MR) is 84.3 cm³/mol. The van der Waals surface area contributed by atoms with Gasteiger partial charge in [0.15, 0.2) is 0 Å². The van der Waals surface area contributed by atoms with E-state index in [2.05, 4.69) is 5.32 Å². The summed E-state index contributed by atoms with van der Waals surface area (Å²) in [6.45, 7) is 6.37. The van der Waals surface area contributed by atoms with Crippen LogP contribution in [0.3, 0.4) is 0 Å². The van der Waals surface area contributed by atoms with Crippen molar-refractivity contribution < 1.29 is 9.53 Å². The molecule has 1 aromatic rings. The van der Waals surface area contributed by atoms with Crippen LogP contribution in [-0.2, 0) is 11.3 Å². The summed E-state index contributed by atoms with van der Waals surface area (Å²) in [5.74, 6) is 1.05. The number of amides is 1. The molecule has 1 saturated heterocycles. The number of likely N-dealkylation sites (N-methyl/N-ethyl adjacent to an activating group) is 1. The van der Waals surface area contributed by atoms with Gasteiger partial charge in [-0.05, 0) is 57.4 Å². The molecular formula is C17H26N2O2. The number of methoxy groups -OCH3 is 1. The summed E-state index contributed by atoms with van der Waals surface area (Å²) in [5.41, 5.74) is 0.728. The van der Waals surface area contributed by atoms with Gasteiger partial charge in [0.05, 0.1) is 12.6 Å². The van der Waals surface area contributed by atoms with Crippen LogP contribution >= 0.6 is 0 Å². The van der Waals surface area contributed by atoms with Crippen molar-refractivity contribution in [3.8, 4) is 5.75 Å². The standard InChI is InChI=1S/C17H26N2O2/c1-4-19(13-14-7-9-15(21-3)10-8-14)16(20)17(2)11-5-6-12-18-17/h7-10,18H,4-6,11-13H2,1-3H3. The van der Waals surface area contributed by atoms with Gasteiger partial charge in [0.2, 0.25) is 5.91 Å². The highest BCUT2D eigenvalue weighted by Crippen LogP contribution is 2.22. The van der Waals surface area contributed by atoms with E-state index in [0.717, 1.165) is 43.7 Å². The molecule has 4 heteroatoms. The third kappa shape index (κ3) is 3.76. The summed E-state index contributed by atoms with van der Waals surface area (Å²) in [6.07, 6.45) is 3.20. The Morgan fingerprint density at radius 3 is 2.57 bits per heavy atom. The number of hydrogen-bond donors (Lipinski definition) is 1. The molecule has 1 aliphatic heterocycles. The van der Waals surface area contributed by atoms with E-state index in [-0.39, 0.29) is 5.91 Å². The zero-order valence-corrected chi connectivity index (χ0v) is 13.3. The predicted octanol–water partition coefficient (Wildman–Crippen LogP) is 2.58. The Morgan fingerprint density at radius 2 is 2.05 bits per heavy atom. The fourth-order valence-electron chi connectivity index (χ4n) is 2.87. The molecule has 21 heavy (non-hydrogen) atoms. The number of benzene rings is 1. The van der Waals surface area contributed by atoms with Crippen LogP contribution in [0.1, 0.15) is 38.7 Å². The molecule has 1 fully saturated rings. The fourth-order valence-corrected chi connectivity index (χ4v) is 2.87. The molecular weight excluding hydrogens is 264 g/mol. The molecule has 0 bridgehead atoms. The molecule has 1 unspecified atom stereocenters. The van der Waals surface area contributed by atoms with Gasteiger partial charge in [-0.2, -0.15) is 0 Å². The first kappa shape index (κ1) is 15.8. The van der Waals surface area contributed by atoms with Gasteiger partial charge in [-0.15, -0.1) is 0 Å². The molecule has 0 aromatic heterocycles. The fraction of sp³-hybridized carbons (Fsp3) is 0.588. The second kappa shape index (κ2) is 6.94. The first-order valence-corrected chi connectivity index (χ1v) is 7.76. The Labute approximate surface area is 127 Å². The van der Waals surface area contributed by atoms with Gasteiger partial charge >= 0.3 is 0 Å². The van der Waals surface area contributed by atoms with Gasteiger partial charge < -0.3 is 15.0 Å². The van der Waals surface area contributed by atoms with Crippen LogP contribution < -0.4 is 10.1 Å². The summed E-state index contributed by atoms with van der Waals surface area (Å²) < 4.78 is 5.17. The van der Waals surface area contributed by atoms with Crippen molar-refractivity contribution >= 4 is 5.91 Å². The summed E-state index contributed by atoms with van der Waals surface area (Å²) >= 11 is 0. The van der Waals surface area contributed by atoms with E-state index in [4.69, 9.17) is 4.74 Å². The lowest BCUT2D eigenvalue weighted by atomic mass is 9.89. The SMILES string of the molecule is CCN(Cc1ccc(OC)cc1)C(=O)C1(C)CCCCN1. The molecule has 1 amide bonds. The number of ether oxygens (including phenoxy) is 1. The van der Waals surface area contributed by atoms with Gasteiger partial charge in [-0.1, -0.05) is 12.1 Å². The van der Waals surface area contributed by atoms with E-state index in [1.54, 1.807) is 7.11 Å². The van der Waals surface area contributed by atoms with Crippen molar-refractivity contribution in [3.05, 3.63) is 29.8 Å². The van der Waals surface area contributed by atoms with Gasteiger partial charge in [-0.25, -0.2) is 0 Å². The van der Waals surface area contributed by atoms with Crippen molar-refractivity contribution in [1.82, 2.24) is 10.2 Å². The van der Waals surface area contributed by atoms with Crippen molar-refractivity contribution in [2.75, 3.05) is 20.2 Å². The molecule has 2 rings (SSSR count). The third-order valence-corrected chi connectivity index (χ3v) is 4.29. The first-order chi connectivity index (χ1) is 10.1. The number of carbonyl (C=O) groups is 1. The Balaban J connectivity index is 2.05. The molecule has 1 atom stereocenters. The molecule has 0 spiro atoms. The maximum atomic E-state index is 12.8. The number of carbonyl (C=O) groups excluding carboxylic acids is 1. The minimum atomic E-state index is -0.402. The van der Waals surface area contributed by atoms with Crippen LogP contribution in [0.2, 0.25) is 0 Å². The number of piperidine rings is 1. The van der Waals surface area contributed by atoms with Gasteiger partial charge in [-0.3, -0.25) is 4.79 Å². The van der Waals surface area contributed by atoms with Crippen LogP contribution in [0.4, 0.5) is 0 Å². The summed E-state index contributed by atoms with van der Waals surface area (Å²) in [7, 11) is 1.66. The lowest BCUT2D eigenvalue weighted by Gasteiger charge is -2.37. The van der Waals surface area contributed by atoms with Gasteiger partial charge in [0.1, 0.15) is 5.75 Å². The van der Waals surface area contributed by atoms with E-state index in [1.165, 1.54) is 0 Å². The highest BCUT2D eigenvalue weighted by molar-refractivity contribution is 5.86. The van der Waals surface area contributed by atoms with Crippen molar-refractivity contribution in [2.24, 2.45) is 0 Å². The van der Waals surface area contributed by atoms with Gasteiger partial charge in [0, 0.05) is 13.1 Å². The molecule has 4 nitrogen and oxygen atoms in total. The summed E-state index contributed by atoms with van der Waals surface area (Å²) in [5, 5.41) is 3.40. The zero-order valence-electron chi connectivity index (χ0n) is 13.3. The second-order valence-electron chi connectivity index (χ2n) is 5.88. The molecule has 0 aliphatic carbocycles. The molecule has 116 valence electrons. The average molecular weight is 290 g/mol. The monoisotopic (exact) mass is 290 g/mol. The normalized spacial score (nSPS) is 21.9. The number of rotatable bonds is 5. The topological polar surface area (TPSA) is 41.6 Å². The molecule has 1 N–H and O–H groups in total. The highest BCUT2D eigenvalue weighted by atomic mass is 16.5. The van der Waals surface area contributed by atoms with E-state index in [0.29, 0.717) is 6.54 Å². The average Bonchev–Trinajstić information content (AvgIpc) is 2.53. The van der Waals surface area contributed by atoms with Crippen LogP contribution in [0.5, 0.6) is 5.75 Å². The minimum Gasteiger partial charge on any atom is -0.497 e. The maximum Gasteiger partial charge on any atom is 0.242 e. The van der Waals surface area contributed by atoms with Crippen LogP contribution in [0, 0.1) is 0 Å². The quantitative estimate of drug-likeness (QED) is 0.906. The number of nitrogens with zero attached hydrogens (tertiary/aromatic N) is 1. The number of hydrogen-bond acceptors (Lipinski definition) is 3. The van der Waals surface area contributed by atoms with Crippen LogP contribution in [0.25, 0.3) is 0 Å². The molecule has 0 saturated carbocycles. The van der Waals surface area contributed by atoms with Crippen LogP contribution in [-0.4, -0.2) is 36.5 Å². The summed E-state index contributed by atoms with van der Waals surface area (Å²) in [6, 6.07) is 7.92. The lowest BCUT2D eigenvalue weighted by Crippen LogP contribution is -2.57. The molecule has 0 radical (unpaired) electrons. The third-order valence-electron chi connectivity index (χ3n) is 4.29. The minimum absolute atomic E-state index is 0.209. The van der Waals surface area contributed by atoms with Gasteiger partial charge in [0.25, 0.3) is 0 Å². The second-order valence-corrected chi connectivity index (χ2v) is 5.88. The largest absolute Gasteiger partial charge is 0.497 e.